The van der Waals surface area contributed by atoms with Crippen LogP contribution in [-0.2, 0) is 11.2 Å². The van der Waals surface area contributed by atoms with Crippen LogP contribution in [0.3, 0.4) is 0 Å². The molecule has 0 unspecified atom stereocenters. The second kappa shape index (κ2) is 10.8. The molecule has 1 aliphatic heterocycles. The average molecular weight is 493 g/mol. The van der Waals surface area contributed by atoms with Gasteiger partial charge in [-0.05, 0) is 72.9 Å². The van der Waals surface area contributed by atoms with Crippen LogP contribution in [-0.4, -0.2) is 52.1 Å². The molecule has 1 N–H and O–H groups in total. The Kier molecular flexibility index (Phi) is 7.17. The molecule has 6 heteroatoms. The first-order valence-electron chi connectivity index (χ1n) is 12.8. The van der Waals surface area contributed by atoms with Crippen LogP contribution in [0.25, 0.3) is 22.4 Å². The van der Waals surface area contributed by atoms with Gasteiger partial charge in [0.1, 0.15) is 17.6 Å². The van der Waals surface area contributed by atoms with E-state index in [0.717, 1.165) is 47.6 Å². The smallest absolute Gasteiger partial charge is 0.245 e. The summed E-state index contributed by atoms with van der Waals surface area (Å²) in [5.41, 5.74) is 5.63. The van der Waals surface area contributed by atoms with Crippen LogP contribution in [0.1, 0.15) is 24.1 Å². The zero-order valence-electron chi connectivity index (χ0n) is 21.3. The van der Waals surface area contributed by atoms with Crippen molar-refractivity contribution in [3.63, 3.8) is 0 Å². The van der Waals surface area contributed by atoms with Gasteiger partial charge in [-0.1, -0.05) is 42.5 Å². The van der Waals surface area contributed by atoms with Crippen molar-refractivity contribution in [2.24, 2.45) is 0 Å². The number of aromatic hydroxyl groups is 1. The van der Waals surface area contributed by atoms with Crippen molar-refractivity contribution >= 4 is 11.7 Å². The molecule has 1 aliphatic rings. The van der Waals surface area contributed by atoms with Gasteiger partial charge in [0, 0.05) is 44.0 Å². The van der Waals surface area contributed by atoms with Crippen molar-refractivity contribution in [1.82, 2.24) is 14.9 Å². The molecule has 2 aromatic heterocycles. The van der Waals surface area contributed by atoms with Gasteiger partial charge >= 0.3 is 0 Å². The average Bonchev–Trinajstić information content (AvgIpc) is 3.42. The first kappa shape index (κ1) is 24.5. The Morgan fingerprint density at radius 1 is 1.03 bits per heavy atom. The number of aryl methyl sites for hydroxylation is 1. The summed E-state index contributed by atoms with van der Waals surface area (Å²) in [6, 6.07) is 25.2. The lowest BCUT2D eigenvalue weighted by Crippen LogP contribution is -2.45. The number of para-hydroxylation sites is 1. The van der Waals surface area contributed by atoms with E-state index in [1.54, 1.807) is 18.3 Å². The third-order valence-electron chi connectivity index (χ3n) is 7.09. The minimum atomic E-state index is -0.273. The number of likely N-dealkylation sites (N-methyl/N-ethyl adjacent to an activating group) is 1. The fourth-order valence-corrected chi connectivity index (χ4v) is 5.03. The highest BCUT2D eigenvalue weighted by molar-refractivity contribution is 5.86. The van der Waals surface area contributed by atoms with E-state index in [0.29, 0.717) is 24.2 Å². The summed E-state index contributed by atoms with van der Waals surface area (Å²) < 4.78 is 0. The number of phenolic OH excluding ortho intramolecular Hbond substituents is 1. The lowest BCUT2D eigenvalue weighted by molar-refractivity contribution is -0.131. The molecule has 188 valence electrons. The number of anilines is 1. The largest absolute Gasteiger partial charge is 0.507 e. The molecule has 4 aromatic rings. The Bertz CT molecular complexity index is 1330. The zero-order chi connectivity index (χ0) is 25.8. The molecule has 1 amide bonds. The molecule has 0 spiro atoms. The van der Waals surface area contributed by atoms with Crippen LogP contribution < -0.4 is 4.90 Å². The van der Waals surface area contributed by atoms with Crippen molar-refractivity contribution in [3.05, 3.63) is 96.3 Å². The highest BCUT2D eigenvalue weighted by Crippen LogP contribution is 2.36. The van der Waals surface area contributed by atoms with Gasteiger partial charge in [-0.25, -0.2) is 4.98 Å². The number of hydrogen-bond acceptors (Lipinski definition) is 5. The third-order valence-corrected chi connectivity index (χ3v) is 7.09. The summed E-state index contributed by atoms with van der Waals surface area (Å²) in [6.07, 6.45) is 4.21. The van der Waals surface area contributed by atoms with E-state index in [4.69, 9.17) is 4.98 Å². The number of aromatic nitrogens is 2. The molecule has 5 rings (SSSR count). The molecule has 0 bridgehead atoms. The van der Waals surface area contributed by atoms with Gasteiger partial charge in [0.25, 0.3) is 0 Å². The molecule has 37 heavy (non-hydrogen) atoms. The number of carbonyl (C=O) groups excluding carboxylic acids is 1. The third kappa shape index (κ3) is 5.33. The molecule has 6 nitrogen and oxygen atoms in total. The van der Waals surface area contributed by atoms with E-state index >= 15 is 0 Å². The number of hydrogen-bond donors (Lipinski definition) is 1. The fourth-order valence-electron chi connectivity index (χ4n) is 5.03. The first-order valence-corrected chi connectivity index (χ1v) is 12.8. The highest BCUT2D eigenvalue weighted by atomic mass is 16.3. The fraction of sp³-hybridized carbons (Fsp3) is 0.258. The van der Waals surface area contributed by atoms with Crippen LogP contribution in [0.2, 0.25) is 0 Å². The van der Waals surface area contributed by atoms with Crippen molar-refractivity contribution in [2.45, 2.75) is 32.2 Å². The Morgan fingerprint density at radius 3 is 2.54 bits per heavy atom. The number of benzene rings is 2. The van der Waals surface area contributed by atoms with Gasteiger partial charge in [0.15, 0.2) is 0 Å². The molecule has 3 heterocycles. The Balaban J connectivity index is 1.47. The number of pyridine rings is 2. The summed E-state index contributed by atoms with van der Waals surface area (Å²) in [6.45, 7) is 3.46. The summed E-state index contributed by atoms with van der Waals surface area (Å²) in [4.78, 5) is 26.9. The first-order chi connectivity index (χ1) is 18.0. The molecule has 0 aliphatic carbocycles. The molecular weight excluding hydrogens is 460 g/mol. The second-order valence-electron chi connectivity index (χ2n) is 9.61. The lowest BCUT2D eigenvalue weighted by atomic mass is 9.98. The molecule has 1 fully saturated rings. The molecule has 1 saturated heterocycles. The minimum absolute atomic E-state index is 0.0978. The van der Waals surface area contributed by atoms with Crippen LogP contribution in [0.5, 0.6) is 5.75 Å². The predicted octanol–water partition coefficient (Wildman–Crippen LogP) is 5.49. The quantitative estimate of drug-likeness (QED) is 0.369. The number of nitrogens with zero attached hydrogens (tertiary/aromatic N) is 4. The highest BCUT2D eigenvalue weighted by Gasteiger charge is 2.34. The van der Waals surface area contributed by atoms with Gasteiger partial charge in [0.2, 0.25) is 5.91 Å². The van der Waals surface area contributed by atoms with E-state index < -0.39 is 0 Å². The monoisotopic (exact) mass is 492 g/mol. The van der Waals surface area contributed by atoms with Gasteiger partial charge < -0.3 is 14.9 Å². The van der Waals surface area contributed by atoms with Crippen molar-refractivity contribution < 1.29 is 9.90 Å². The Hall–Kier alpha value is -4.19. The van der Waals surface area contributed by atoms with Crippen LogP contribution in [0.15, 0.2) is 85.1 Å². The van der Waals surface area contributed by atoms with Gasteiger partial charge in [-0.3, -0.25) is 9.78 Å². The summed E-state index contributed by atoms with van der Waals surface area (Å²) in [5, 5.41) is 10.6. The van der Waals surface area contributed by atoms with E-state index in [9.17, 15) is 9.90 Å². The van der Waals surface area contributed by atoms with Crippen molar-refractivity contribution in [2.75, 3.05) is 25.0 Å². The molecule has 2 aromatic carbocycles. The van der Waals surface area contributed by atoms with Crippen molar-refractivity contribution in [3.8, 4) is 28.1 Å². The SMILES string of the molecule is Cc1ccccc1-c1cc(-c2ccccc2O)nc(N2CCC[C@H]2C(=O)N(C)CCc2ccccn2)c1. The Morgan fingerprint density at radius 2 is 1.78 bits per heavy atom. The summed E-state index contributed by atoms with van der Waals surface area (Å²) in [5.74, 6) is 1.04. The van der Waals surface area contributed by atoms with Crippen LogP contribution in [0, 0.1) is 6.92 Å². The van der Waals surface area contributed by atoms with E-state index in [1.165, 1.54) is 0 Å². The molecule has 1 atom stereocenters. The maximum Gasteiger partial charge on any atom is 0.245 e. The topological polar surface area (TPSA) is 69.6 Å². The van der Waals surface area contributed by atoms with Crippen LogP contribution in [0.4, 0.5) is 5.82 Å². The second-order valence-corrected chi connectivity index (χ2v) is 9.61. The zero-order valence-corrected chi connectivity index (χ0v) is 21.3. The number of carbonyl (C=O) groups is 1. The maximum atomic E-state index is 13.6. The maximum absolute atomic E-state index is 13.6. The summed E-state index contributed by atoms with van der Waals surface area (Å²) >= 11 is 0. The van der Waals surface area contributed by atoms with Gasteiger partial charge in [0.05, 0.1) is 5.69 Å². The van der Waals surface area contributed by atoms with E-state index in [2.05, 4.69) is 35.0 Å². The van der Waals surface area contributed by atoms with Crippen molar-refractivity contribution in [1.29, 1.82) is 0 Å². The van der Waals surface area contributed by atoms with E-state index in [1.807, 2.05) is 60.5 Å². The number of amides is 1. The Labute approximate surface area is 218 Å². The summed E-state index contributed by atoms with van der Waals surface area (Å²) in [7, 11) is 1.87. The standard InChI is InChI=1S/C31H32N4O2/c1-22-10-3-4-12-25(22)23-20-27(26-13-5-6-15-29(26)36)33-30(21-23)35-18-9-14-28(35)31(37)34(2)19-16-24-11-7-8-17-32-24/h3-8,10-13,15,17,20-21,28,36H,9,14,16,18-19H2,1-2H3/t28-/m0/s1. The molecule has 0 saturated carbocycles. The molecular formula is C31H32N4O2. The predicted molar refractivity (Wildman–Crippen MR) is 147 cm³/mol. The number of phenols is 1. The molecule has 0 radical (unpaired) electrons. The van der Waals surface area contributed by atoms with Crippen LogP contribution >= 0.6 is 0 Å². The van der Waals surface area contributed by atoms with Gasteiger partial charge in [-0.15, -0.1) is 0 Å². The van der Waals surface area contributed by atoms with E-state index in [-0.39, 0.29) is 17.7 Å². The normalized spacial score (nSPS) is 15.1. The van der Waals surface area contributed by atoms with Gasteiger partial charge in [-0.2, -0.15) is 0 Å². The lowest BCUT2D eigenvalue weighted by Gasteiger charge is -2.29. The minimum Gasteiger partial charge on any atom is -0.507 e. The number of rotatable bonds is 7.